The van der Waals surface area contributed by atoms with Crippen molar-refractivity contribution in [1.82, 2.24) is 0 Å². The fourth-order valence-electron chi connectivity index (χ4n) is 0.409. The van der Waals surface area contributed by atoms with Crippen molar-refractivity contribution in [3.8, 4) is 0 Å². The molecule has 0 fully saturated rings. The first-order valence-electron chi connectivity index (χ1n) is 3.80. The van der Waals surface area contributed by atoms with E-state index in [0.717, 1.165) is 0 Å². The number of rotatable bonds is 2. The highest BCUT2D eigenvalue weighted by Crippen LogP contribution is 2.23. The molecule has 0 radical (unpaired) electrons. The van der Waals surface area contributed by atoms with Crippen LogP contribution in [0.1, 0.15) is 27.7 Å². The van der Waals surface area contributed by atoms with Gasteiger partial charge in [-0.1, -0.05) is 33.4 Å². The predicted molar refractivity (Wildman–Crippen MR) is 51.9 cm³/mol. The minimum absolute atomic E-state index is 0.221. The van der Waals surface area contributed by atoms with Crippen LogP contribution in [0.3, 0.4) is 0 Å². The second kappa shape index (κ2) is 4.12. The molecule has 0 heterocycles. The average Bonchev–Trinajstić information content (AvgIpc) is 1.86. The Morgan fingerprint density at radius 3 is 2.27 bits per heavy atom. The van der Waals surface area contributed by atoms with E-state index in [0.29, 0.717) is 0 Å². The summed E-state index contributed by atoms with van der Waals surface area (Å²) in [5.41, 5.74) is 1.49. The monoisotopic (exact) mass is 151 g/mol. The van der Waals surface area contributed by atoms with E-state index in [1.807, 2.05) is 6.20 Å². The fraction of sp³-hybridized carbons (Fsp3) is 0.500. The van der Waals surface area contributed by atoms with Crippen molar-refractivity contribution in [1.29, 1.82) is 0 Å². The third-order valence-electron chi connectivity index (χ3n) is 1.64. The maximum Gasteiger partial charge on any atom is 0.0262 e. The van der Waals surface area contributed by atoms with Crippen LogP contribution in [-0.4, -0.2) is 6.21 Å². The van der Waals surface area contributed by atoms with Crippen molar-refractivity contribution < 1.29 is 0 Å². The van der Waals surface area contributed by atoms with Gasteiger partial charge in [0.25, 0.3) is 0 Å². The third kappa shape index (κ3) is 4.54. The molecular weight excluding hydrogens is 134 g/mol. The highest BCUT2D eigenvalue weighted by Gasteiger charge is 2.11. The Kier molecular flexibility index (Phi) is 3.80. The zero-order chi connectivity index (χ0) is 8.91. The Labute approximate surface area is 69.5 Å². The fourth-order valence-corrected chi connectivity index (χ4v) is 0.409. The predicted octanol–water partition coefficient (Wildman–Crippen LogP) is 3.19. The molecule has 1 heteroatoms. The standard InChI is InChI=1S/C10H17N/c1-6-7-11-8-9(2)10(3,4)5/h6-8H,1H2,2-5H3/b9-8+,11-7-. The molecule has 0 spiro atoms. The zero-order valence-electron chi connectivity index (χ0n) is 7.89. The van der Waals surface area contributed by atoms with Gasteiger partial charge in [-0.2, -0.15) is 0 Å². The van der Waals surface area contributed by atoms with E-state index in [4.69, 9.17) is 0 Å². The summed E-state index contributed by atoms with van der Waals surface area (Å²) < 4.78 is 0. The van der Waals surface area contributed by atoms with Gasteiger partial charge >= 0.3 is 0 Å². The molecule has 0 aromatic carbocycles. The van der Waals surface area contributed by atoms with Crippen LogP contribution in [0.25, 0.3) is 0 Å². The van der Waals surface area contributed by atoms with Crippen LogP contribution in [0.4, 0.5) is 0 Å². The van der Waals surface area contributed by atoms with Crippen molar-refractivity contribution in [2.45, 2.75) is 27.7 Å². The molecule has 0 aliphatic heterocycles. The second-order valence-electron chi connectivity index (χ2n) is 3.60. The van der Waals surface area contributed by atoms with Crippen LogP contribution in [0.15, 0.2) is 29.4 Å². The topological polar surface area (TPSA) is 12.4 Å². The molecule has 0 saturated heterocycles. The van der Waals surface area contributed by atoms with Gasteiger partial charge in [-0.25, -0.2) is 0 Å². The Bertz CT molecular complexity index is 180. The van der Waals surface area contributed by atoms with Gasteiger partial charge in [0.2, 0.25) is 0 Å². The summed E-state index contributed by atoms with van der Waals surface area (Å²) in [7, 11) is 0. The quantitative estimate of drug-likeness (QED) is 0.537. The molecule has 11 heavy (non-hydrogen) atoms. The maximum atomic E-state index is 4.05. The molecule has 62 valence electrons. The Morgan fingerprint density at radius 1 is 1.36 bits per heavy atom. The van der Waals surface area contributed by atoms with Gasteiger partial charge < -0.3 is 0 Å². The van der Waals surface area contributed by atoms with Gasteiger partial charge in [-0.05, 0) is 17.9 Å². The van der Waals surface area contributed by atoms with E-state index in [1.54, 1.807) is 12.3 Å². The first-order chi connectivity index (χ1) is 4.98. The van der Waals surface area contributed by atoms with Gasteiger partial charge in [0.05, 0.1) is 0 Å². The van der Waals surface area contributed by atoms with E-state index in [-0.39, 0.29) is 5.41 Å². The van der Waals surface area contributed by atoms with Crippen molar-refractivity contribution in [2.75, 3.05) is 0 Å². The van der Waals surface area contributed by atoms with Crippen LogP contribution in [0.5, 0.6) is 0 Å². The highest BCUT2D eigenvalue weighted by atomic mass is 14.7. The molecule has 0 unspecified atom stereocenters. The Hall–Kier alpha value is -0.850. The number of hydrogen-bond acceptors (Lipinski definition) is 1. The highest BCUT2D eigenvalue weighted by molar-refractivity contribution is 5.70. The van der Waals surface area contributed by atoms with E-state index in [9.17, 15) is 0 Å². The summed E-state index contributed by atoms with van der Waals surface area (Å²) in [5.74, 6) is 0. The first kappa shape index (κ1) is 10.2. The van der Waals surface area contributed by atoms with Crippen molar-refractivity contribution in [3.63, 3.8) is 0 Å². The summed E-state index contributed by atoms with van der Waals surface area (Å²) in [6, 6.07) is 0. The Morgan fingerprint density at radius 2 is 1.91 bits per heavy atom. The molecular formula is C10H17N. The minimum atomic E-state index is 0.221. The van der Waals surface area contributed by atoms with Crippen molar-refractivity contribution >= 4 is 6.21 Å². The third-order valence-corrected chi connectivity index (χ3v) is 1.64. The van der Waals surface area contributed by atoms with Crippen LogP contribution in [0, 0.1) is 5.41 Å². The summed E-state index contributed by atoms with van der Waals surface area (Å²) in [6.07, 6.45) is 5.24. The van der Waals surface area contributed by atoms with Crippen molar-refractivity contribution in [2.24, 2.45) is 10.4 Å². The normalized spacial score (nSPS) is 14.0. The van der Waals surface area contributed by atoms with Gasteiger partial charge in [0.15, 0.2) is 0 Å². The van der Waals surface area contributed by atoms with Gasteiger partial charge in [0.1, 0.15) is 0 Å². The smallest absolute Gasteiger partial charge is 0.0262 e. The molecule has 0 atom stereocenters. The SMILES string of the molecule is C=C/C=N\C=C(/C)C(C)(C)C. The summed E-state index contributed by atoms with van der Waals surface area (Å²) in [5, 5.41) is 0. The molecule has 0 aliphatic rings. The lowest BCUT2D eigenvalue weighted by Gasteiger charge is -2.17. The number of allylic oxidation sites excluding steroid dienone is 2. The molecule has 0 saturated carbocycles. The zero-order valence-corrected chi connectivity index (χ0v) is 7.89. The summed E-state index contributed by atoms with van der Waals surface area (Å²) in [4.78, 5) is 4.05. The number of nitrogens with zero attached hydrogens (tertiary/aromatic N) is 1. The lowest BCUT2D eigenvalue weighted by Crippen LogP contribution is -2.05. The first-order valence-corrected chi connectivity index (χ1v) is 3.80. The molecule has 0 amide bonds. The van der Waals surface area contributed by atoms with E-state index in [1.165, 1.54) is 5.57 Å². The van der Waals surface area contributed by atoms with Crippen LogP contribution >= 0.6 is 0 Å². The molecule has 0 N–H and O–H groups in total. The summed E-state index contributed by atoms with van der Waals surface area (Å²) >= 11 is 0. The number of aliphatic imine (C=N–C) groups is 1. The second-order valence-corrected chi connectivity index (χ2v) is 3.60. The molecule has 0 aromatic heterocycles. The largest absolute Gasteiger partial charge is 0.265 e. The van der Waals surface area contributed by atoms with E-state index in [2.05, 4.69) is 39.3 Å². The minimum Gasteiger partial charge on any atom is -0.265 e. The summed E-state index contributed by atoms with van der Waals surface area (Å²) in [6.45, 7) is 12.1. The van der Waals surface area contributed by atoms with E-state index < -0.39 is 0 Å². The van der Waals surface area contributed by atoms with Gasteiger partial charge in [-0.3, -0.25) is 4.99 Å². The Balaban J connectivity index is 4.23. The molecule has 0 aliphatic carbocycles. The van der Waals surface area contributed by atoms with Crippen LogP contribution < -0.4 is 0 Å². The van der Waals surface area contributed by atoms with Crippen LogP contribution in [-0.2, 0) is 0 Å². The molecule has 1 nitrogen and oxygen atoms in total. The lowest BCUT2D eigenvalue weighted by molar-refractivity contribution is 0.503. The number of hydrogen-bond donors (Lipinski definition) is 0. The lowest BCUT2D eigenvalue weighted by atomic mass is 9.88. The molecule has 0 rings (SSSR count). The average molecular weight is 151 g/mol. The van der Waals surface area contributed by atoms with Crippen molar-refractivity contribution in [3.05, 3.63) is 24.4 Å². The molecule has 0 aromatic rings. The van der Waals surface area contributed by atoms with Crippen LogP contribution in [0.2, 0.25) is 0 Å². The van der Waals surface area contributed by atoms with Gasteiger partial charge in [0, 0.05) is 12.4 Å². The van der Waals surface area contributed by atoms with E-state index >= 15 is 0 Å². The maximum absolute atomic E-state index is 4.05. The van der Waals surface area contributed by atoms with Gasteiger partial charge in [-0.15, -0.1) is 0 Å². The molecule has 0 bridgehead atoms.